The van der Waals surface area contributed by atoms with Gasteiger partial charge in [-0.1, -0.05) is 24.3 Å². The Balaban J connectivity index is 0.00000300. The maximum atomic E-state index is 12.4. The third-order valence-electron chi connectivity index (χ3n) is 6.64. The molecule has 0 bridgehead atoms. The molecule has 0 spiro atoms. The zero-order chi connectivity index (χ0) is 35.2. The Morgan fingerprint density at radius 1 is 0.765 bits per heavy atom. The molecule has 253 valence electrons. The number of hydrogen-bond donors (Lipinski definition) is 5. The van der Waals surface area contributed by atoms with Gasteiger partial charge in [-0.05, 0) is 71.9 Å². The first-order valence-corrected chi connectivity index (χ1v) is 17.8. The molecule has 0 saturated heterocycles. The van der Waals surface area contributed by atoms with Gasteiger partial charge < -0.3 is 15.3 Å². The number of halogens is 1. The van der Waals surface area contributed by atoms with E-state index in [-0.39, 0.29) is 122 Å². The molecule has 24 heteroatoms. The van der Waals surface area contributed by atoms with Gasteiger partial charge in [-0.3, -0.25) is 13.7 Å². The van der Waals surface area contributed by atoms with Gasteiger partial charge in [0, 0.05) is 107 Å². The molecule has 5 aromatic rings. The molecule has 51 heavy (non-hydrogen) atoms. The van der Waals surface area contributed by atoms with Crippen molar-refractivity contribution >= 4 is 176 Å². The molecule has 4 aromatic carbocycles. The van der Waals surface area contributed by atoms with Crippen molar-refractivity contribution in [1.82, 2.24) is 15.0 Å². The van der Waals surface area contributed by atoms with Gasteiger partial charge in [-0.15, -0.1) is 10.2 Å². The smallest absolute Gasteiger partial charge is 0.296 e. The van der Waals surface area contributed by atoms with E-state index in [1.165, 1.54) is 13.0 Å². The summed E-state index contributed by atoms with van der Waals surface area (Å²) in [7, 11) is -13.4. The van der Waals surface area contributed by atoms with E-state index in [0.29, 0.717) is 11.3 Å². The average Bonchev–Trinajstić information content (AvgIpc) is 2.99. The molecular weight excluding hydrogens is 783 g/mol. The summed E-state index contributed by atoms with van der Waals surface area (Å²) in [4.78, 5) is 11.4. The normalized spacial score (nSPS) is 11.7. The van der Waals surface area contributed by atoms with Crippen LogP contribution < -0.4 is 10.2 Å². The topological polar surface area (TPSA) is 262 Å². The fourth-order valence-electron chi connectivity index (χ4n) is 4.45. The fourth-order valence-corrected chi connectivity index (χ4v) is 6.51. The van der Waals surface area contributed by atoms with Gasteiger partial charge in [0.2, 0.25) is 17.2 Å². The van der Waals surface area contributed by atoms with Crippen LogP contribution in [0.5, 0.6) is 5.75 Å². The van der Waals surface area contributed by atoms with Gasteiger partial charge in [0.25, 0.3) is 30.4 Å². The second kappa shape index (κ2) is 17.5. The van der Waals surface area contributed by atoms with Gasteiger partial charge in [-0.25, -0.2) is 0 Å². The zero-order valence-electron chi connectivity index (χ0n) is 27.4. The first kappa shape index (κ1) is 45.3. The molecule has 1 heterocycles. The van der Waals surface area contributed by atoms with E-state index in [2.05, 4.69) is 30.5 Å². The number of azo groups is 1. The molecule has 17 nitrogen and oxygen atoms in total. The number of aromatic hydroxyl groups is 1. The summed E-state index contributed by atoms with van der Waals surface area (Å²) in [5.74, 6) is -1.27. The summed E-state index contributed by atoms with van der Waals surface area (Å²) >= 11 is 6.15. The molecule has 0 aliphatic rings. The molecule has 0 saturated carbocycles. The summed E-state index contributed by atoms with van der Waals surface area (Å²) in [6.07, 6.45) is 0. The van der Waals surface area contributed by atoms with Crippen molar-refractivity contribution in [1.29, 1.82) is 0 Å². The first-order chi connectivity index (χ1) is 22.3. The Morgan fingerprint density at radius 3 is 1.98 bits per heavy atom. The molecule has 0 amide bonds. The van der Waals surface area contributed by atoms with Crippen molar-refractivity contribution in [2.45, 2.75) is 21.6 Å². The largest absolute Gasteiger partial charge is 0.505 e. The summed E-state index contributed by atoms with van der Waals surface area (Å²) in [5.41, 5.74) is -0.636. The number of rotatable bonds is 9. The van der Waals surface area contributed by atoms with Crippen LogP contribution in [0.1, 0.15) is 5.56 Å². The third kappa shape index (κ3) is 10.7. The van der Waals surface area contributed by atoms with Crippen LogP contribution in [0.4, 0.5) is 34.6 Å². The Bertz CT molecular complexity index is 2480. The second-order valence-corrected chi connectivity index (χ2v) is 14.5. The summed E-state index contributed by atoms with van der Waals surface area (Å²) in [6.45, 7) is 1.53. The number of hydrogen-bond acceptors (Lipinski definition) is 14. The van der Waals surface area contributed by atoms with Crippen molar-refractivity contribution in [3.63, 3.8) is 0 Å². The van der Waals surface area contributed by atoms with Crippen LogP contribution in [0.2, 0.25) is 5.28 Å². The van der Waals surface area contributed by atoms with Gasteiger partial charge >= 0.3 is 0 Å². The monoisotopic (exact) mass is 804 g/mol. The van der Waals surface area contributed by atoms with Gasteiger partial charge in [0.1, 0.15) is 21.2 Å². The van der Waals surface area contributed by atoms with Crippen LogP contribution >= 0.6 is 11.6 Å². The Labute approximate surface area is 363 Å². The number of nitrogens with one attached hydrogen (secondary N) is 1. The minimum absolute atomic E-state index is 0. The Kier molecular flexibility index (Phi) is 15.6. The predicted octanol–water partition coefficient (Wildman–Crippen LogP) is 4.22. The number of anilines is 4. The van der Waals surface area contributed by atoms with Crippen LogP contribution in [0, 0.1) is 6.92 Å². The molecule has 5 rings (SSSR count). The van der Waals surface area contributed by atoms with Gasteiger partial charge in [0.15, 0.2) is 5.75 Å². The number of nitrogens with zero attached hydrogens (tertiary/aromatic N) is 6. The Hall–Kier alpha value is -1.83. The molecule has 0 fully saturated rings. The number of fused-ring (bicyclic) bond motifs is 1. The minimum atomic E-state index is -5.23. The van der Waals surface area contributed by atoms with E-state index in [4.69, 9.17) is 11.6 Å². The van der Waals surface area contributed by atoms with E-state index in [0.717, 1.165) is 30.3 Å². The van der Waals surface area contributed by atoms with Crippen molar-refractivity contribution < 1.29 is 44.0 Å². The third-order valence-corrected chi connectivity index (χ3v) is 9.39. The van der Waals surface area contributed by atoms with E-state index >= 15 is 0 Å². The molecule has 3 radical (unpaired) electrons. The molecule has 0 atom stereocenters. The maximum absolute atomic E-state index is 12.4. The number of aryl methyl sites for hydroxylation is 1. The minimum Gasteiger partial charge on any atom is -0.505 e. The molecule has 0 unspecified atom stereocenters. The first-order valence-electron chi connectivity index (χ1n) is 13.1. The Morgan fingerprint density at radius 2 is 1.39 bits per heavy atom. The number of aromatic nitrogens is 3. The van der Waals surface area contributed by atoms with Crippen LogP contribution in [-0.4, -0.2) is 155 Å². The quantitative estimate of drug-likeness (QED) is 0.0794. The number of phenols is 1. The van der Waals surface area contributed by atoms with Crippen molar-refractivity contribution in [3.8, 4) is 5.75 Å². The summed E-state index contributed by atoms with van der Waals surface area (Å²) < 4.78 is 103. The van der Waals surface area contributed by atoms with Crippen molar-refractivity contribution in [2.24, 2.45) is 10.2 Å². The van der Waals surface area contributed by atoms with Crippen molar-refractivity contribution in [3.05, 3.63) is 77.6 Å². The second-order valence-electron chi connectivity index (χ2n) is 9.98. The molecule has 5 N–H and O–H groups in total. The maximum Gasteiger partial charge on any atom is 0.296 e. The van der Waals surface area contributed by atoms with E-state index in [1.807, 2.05) is 0 Å². The van der Waals surface area contributed by atoms with E-state index in [1.54, 1.807) is 42.3 Å². The number of para-hydroxylation sites is 1. The predicted molar refractivity (Wildman–Crippen MR) is 190 cm³/mol. The van der Waals surface area contributed by atoms with Gasteiger partial charge in [-0.2, -0.15) is 40.2 Å². The zero-order valence-corrected chi connectivity index (χ0v) is 36.6. The summed E-state index contributed by atoms with van der Waals surface area (Å²) in [6, 6.07) is 14.8. The molecule has 0 aliphatic carbocycles. The van der Waals surface area contributed by atoms with Crippen LogP contribution in [-0.2, 0) is 30.4 Å². The van der Waals surface area contributed by atoms with Crippen LogP contribution in [0.3, 0.4) is 0 Å². The van der Waals surface area contributed by atoms with Crippen LogP contribution in [0.15, 0.2) is 91.6 Å². The fraction of sp³-hybridized carbons (Fsp3) is 0.0741. The van der Waals surface area contributed by atoms with Gasteiger partial charge in [0.05, 0.1) is 10.6 Å². The SMILES string of the molecule is Cc1ccc(N=Nc2c(S(=O)(=O)O)cc3cc(S(=O)(=O)O)cc(Nc4nc(Cl)nc(N(C)c5ccccc5)n4)c3c2O)c(S(=O)(=O)O)c1.[Na].[Na].[Na]. The van der Waals surface area contributed by atoms with Crippen LogP contribution in [0.25, 0.3) is 10.8 Å². The number of phenolic OH excluding ortho intramolecular Hbond substituents is 1. The molecule has 1 aromatic heterocycles. The average molecular weight is 805 g/mol. The molecule has 0 aliphatic heterocycles. The van der Waals surface area contributed by atoms with E-state index in [9.17, 15) is 44.0 Å². The standard InChI is InChI=1S/C27H22ClN7O10S3.3Na/c1-14-8-9-18(20(10-14)47(40,41)42)33-34-23-21(48(43,44)45)12-15-11-17(46(37,38)39)13-19(22(15)24(23)36)29-26-30-25(28)31-27(32-26)35(2)16-6-4-3-5-7-16;;;/h3-13,36H,1-2H3,(H,37,38,39)(H,40,41,42)(H,43,44,45)(H,29,30,31,32);;;. The van der Waals surface area contributed by atoms with Crippen molar-refractivity contribution in [2.75, 3.05) is 17.3 Å². The summed E-state index contributed by atoms with van der Waals surface area (Å²) in [5, 5.41) is 20.5. The number of benzene rings is 4. The molecular formula is C27H22ClN7Na3O10S3. The van der Waals surface area contributed by atoms with E-state index < -0.39 is 62.2 Å².